The highest BCUT2D eigenvalue weighted by Gasteiger charge is 2.41. The number of hydrogen-bond donors (Lipinski definition) is 3. The van der Waals surface area contributed by atoms with Crippen LogP contribution >= 0.6 is 0 Å². The molecule has 3 N–H and O–H groups in total. The van der Waals surface area contributed by atoms with E-state index in [2.05, 4.69) is 19.1 Å². The Morgan fingerprint density at radius 3 is 2.46 bits per heavy atom. The first kappa shape index (κ1) is 22.1. The fourth-order valence-electron chi connectivity index (χ4n) is 6.22. The Morgan fingerprint density at radius 1 is 1.07 bits per heavy atom. The van der Waals surface area contributed by atoms with Gasteiger partial charge in [0.15, 0.2) is 0 Å². The number of rotatable bonds is 6. The van der Waals surface area contributed by atoms with Crippen LogP contribution in [0.15, 0.2) is 23.3 Å². The third-order valence-corrected chi connectivity index (χ3v) is 7.61. The van der Waals surface area contributed by atoms with Gasteiger partial charge in [-0.2, -0.15) is 0 Å². The molecule has 28 heavy (non-hydrogen) atoms. The Labute approximate surface area is 171 Å². The topological polar surface area (TPSA) is 60.7 Å². The molecule has 160 valence electrons. The molecule has 0 heterocycles. The molecule has 3 fully saturated rings. The second-order valence-electron chi connectivity index (χ2n) is 10.6. The van der Waals surface area contributed by atoms with Crippen molar-refractivity contribution < 1.29 is 15.3 Å². The number of allylic oxidation sites excluding steroid dienone is 3. The zero-order chi connectivity index (χ0) is 20.3. The number of fused-ring (bicyclic) bond motifs is 1. The molecule has 6 atom stereocenters. The Bertz CT molecular complexity index is 559. The van der Waals surface area contributed by atoms with Gasteiger partial charge in [-0.25, -0.2) is 0 Å². The lowest BCUT2D eigenvalue weighted by molar-refractivity contribution is 0.0608. The lowest BCUT2D eigenvalue weighted by Gasteiger charge is -2.34. The van der Waals surface area contributed by atoms with Crippen LogP contribution in [-0.2, 0) is 0 Å². The average molecular weight is 391 g/mol. The van der Waals surface area contributed by atoms with Crippen molar-refractivity contribution in [3.8, 4) is 0 Å². The minimum Gasteiger partial charge on any atom is -0.393 e. The zero-order valence-corrected chi connectivity index (χ0v) is 18.2. The maximum atomic E-state index is 9.97. The standard InChI is InChI=1S/C25H42O3/c1-17(6-5-13-25(2,3)28)22-11-12-23-19(7-4-8-24(22)23)10-9-18-14-20(26)16-21(27)15-18/h9-10,17,20-24,26-28H,4-8,11-16H2,1-3H3/b19-10+/t17-,20-,21-,22?,23?,24?/m1/s1. The lowest BCUT2D eigenvalue weighted by atomic mass is 9.71. The molecule has 0 spiro atoms. The summed E-state index contributed by atoms with van der Waals surface area (Å²) >= 11 is 0. The summed E-state index contributed by atoms with van der Waals surface area (Å²) in [6.45, 7) is 6.27. The predicted molar refractivity (Wildman–Crippen MR) is 115 cm³/mol. The summed E-state index contributed by atoms with van der Waals surface area (Å²) in [4.78, 5) is 0. The fourth-order valence-corrected chi connectivity index (χ4v) is 6.22. The van der Waals surface area contributed by atoms with Gasteiger partial charge in [0.25, 0.3) is 0 Å². The van der Waals surface area contributed by atoms with Crippen LogP contribution in [-0.4, -0.2) is 33.1 Å². The second-order valence-corrected chi connectivity index (χ2v) is 10.6. The van der Waals surface area contributed by atoms with E-state index in [1.165, 1.54) is 44.1 Å². The van der Waals surface area contributed by atoms with Crippen LogP contribution in [0, 0.1) is 23.7 Å². The monoisotopic (exact) mass is 390 g/mol. The molecule has 3 unspecified atom stereocenters. The molecule has 0 amide bonds. The van der Waals surface area contributed by atoms with Crippen LogP contribution in [0.4, 0.5) is 0 Å². The van der Waals surface area contributed by atoms with Crippen molar-refractivity contribution in [1.29, 1.82) is 0 Å². The highest BCUT2D eigenvalue weighted by Crippen LogP contribution is 2.51. The highest BCUT2D eigenvalue weighted by atomic mass is 16.3. The second kappa shape index (κ2) is 9.45. The normalized spacial score (nSPS) is 36.4. The van der Waals surface area contributed by atoms with E-state index in [9.17, 15) is 15.3 Å². The third-order valence-electron chi connectivity index (χ3n) is 7.61. The quantitative estimate of drug-likeness (QED) is 0.588. The number of aliphatic hydroxyl groups excluding tert-OH is 2. The van der Waals surface area contributed by atoms with Crippen LogP contribution in [0.2, 0.25) is 0 Å². The van der Waals surface area contributed by atoms with Gasteiger partial charge >= 0.3 is 0 Å². The van der Waals surface area contributed by atoms with Crippen LogP contribution < -0.4 is 0 Å². The summed E-state index contributed by atoms with van der Waals surface area (Å²) in [5.41, 5.74) is 2.28. The smallest absolute Gasteiger partial charge is 0.0602 e. The maximum absolute atomic E-state index is 9.97. The number of aliphatic hydroxyl groups is 3. The summed E-state index contributed by atoms with van der Waals surface area (Å²) < 4.78 is 0. The van der Waals surface area contributed by atoms with Crippen molar-refractivity contribution in [2.45, 2.75) is 109 Å². The van der Waals surface area contributed by atoms with Crippen molar-refractivity contribution in [2.75, 3.05) is 0 Å². The summed E-state index contributed by atoms with van der Waals surface area (Å²) in [5, 5.41) is 29.8. The van der Waals surface area contributed by atoms with Crippen LogP contribution in [0.25, 0.3) is 0 Å². The van der Waals surface area contributed by atoms with E-state index >= 15 is 0 Å². The molecule has 3 aliphatic rings. The molecule has 3 aliphatic carbocycles. The van der Waals surface area contributed by atoms with Crippen molar-refractivity contribution in [3.63, 3.8) is 0 Å². The van der Waals surface area contributed by atoms with Crippen LogP contribution in [0.1, 0.15) is 91.4 Å². The van der Waals surface area contributed by atoms with E-state index in [0.29, 0.717) is 6.42 Å². The van der Waals surface area contributed by atoms with E-state index < -0.39 is 5.60 Å². The van der Waals surface area contributed by atoms with Gasteiger partial charge < -0.3 is 15.3 Å². The summed E-state index contributed by atoms with van der Waals surface area (Å²) in [6, 6.07) is 0. The van der Waals surface area contributed by atoms with Gasteiger partial charge in [0.05, 0.1) is 17.8 Å². The first-order chi connectivity index (χ1) is 13.2. The molecule has 0 aliphatic heterocycles. The Balaban J connectivity index is 1.59. The molecule has 3 nitrogen and oxygen atoms in total. The largest absolute Gasteiger partial charge is 0.393 e. The van der Waals surface area contributed by atoms with Gasteiger partial charge in [-0.05, 0) is 95.3 Å². The summed E-state index contributed by atoms with van der Waals surface area (Å²) in [5.74, 6) is 3.16. The van der Waals surface area contributed by atoms with E-state index in [-0.39, 0.29) is 12.2 Å². The van der Waals surface area contributed by atoms with Crippen molar-refractivity contribution in [3.05, 3.63) is 23.3 Å². The van der Waals surface area contributed by atoms with Crippen LogP contribution in [0.5, 0.6) is 0 Å². The Hall–Kier alpha value is -0.640. The molecule has 3 heteroatoms. The highest BCUT2D eigenvalue weighted by molar-refractivity contribution is 5.24. The first-order valence-electron chi connectivity index (χ1n) is 11.7. The van der Waals surface area contributed by atoms with E-state index in [4.69, 9.17) is 0 Å². The zero-order valence-electron chi connectivity index (χ0n) is 18.2. The lowest BCUT2D eigenvalue weighted by Crippen LogP contribution is -2.26. The van der Waals surface area contributed by atoms with Gasteiger partial charge in [-0.1, -0.05) is 43.1 Å². The maximum Gasteiger partial charge on any atom is 0.0602 e. The van der Waals surface area contributed by atoms with Gasteiger partial charge in [0.1, 0.15) is 0 Å². The molecule has 0 radical (unpaired) electrons. The summed E-state index contributed by atoms with van der Waals surface area (Å²) in [7, 11) is 0. The molecular weight excluding hydrogens is 348 g/mol. The molecule has 3 rings (SSSR count). The fraction of sp³-hybridized carbons (Fsp3) is 0.840. The third kappa shape index (κ3) is 5.93. The molecule has 0 aromatic heterocycles. The van der Waals surface area contributed by atoms with E-state index in [1.54, 1.807) is 5.57 Å². The Morgan fingerprint density at radius 2 is 1.79 bits per heavy atom. The molecule has 0 saturated heterocycles. The van der Waals surface area contributed by atoms with Crippen molar-refractivity contribution >= 4 is 0 Å². The molecule has 0 aromatic rings. The van der Waals surface area contributed by atoms with Gasteiger partial charge in [0.2, 0.25) is 0 Å². The molecular formula is C25H42O3. The molecule has 3 saturated carbocycles. The van der Waals surface area contributed by atoms with Gasteiger partial charge in [-0.15, -0.1) is 0 Å². The van der Waals surface area contributed by atoms with Crippen LogP contribution in [0.3, 0.4) is 0 Å². The SMILES string of the molecule is C[C@H](CCCC(C)(C)O)C1CCC2/C(=C/C=C3C[C@@H](O)C[C@H](O)C3)CCCC21. The Kier molecular flexibility index (Phi) is 7.44. The van der Waals surface area contributed by atoms with Gasteiger partial charge in [0, 0.05) is 0 Å². The van der Waals surface area contributed by atoms with Gasteiger partial charge in [-0.3, -0.25) is 0 Å². The summed E-state index contributed by atoms with van der Waals surface area (Å²) in [6.07, 6.45) is 15.6. The van der Waals surface area contributed by atoms with E-state index in [1.807, 2.05) is 13.8 Å². The molecule has 0 bridgehead atoms. The predicted octanol–water partition coefficient (Wildman–Crippen LogP) is 5.15. The van der Waals surface area contributed by atoms with E-state index in [0.717, 1.165) is 49.4 Å². The molecule has 0 aromatic carbocycles. The number of hydrogen-bond acceptors (Lipinski definition) is 3. The minimum atomic E-state index is -0.535. The van der Waals surface area contributed by atoms with Crippen molar-refractivity contribution in [1.82, 2.24) is 0 Å². The minimum absolute atomic E-state index is 0.381. The first-order valence-corrected chi connectivity index (χ1v) is 11.7. The van der Waals surface area contributed by atoms with Crippen molar-refractivity contribution in [2.24, 2.45) is 23.7 Å². The average Bonchev–Trinajstić information content (AvgIpc) is 3.02.